The molecule has 1 aromatic heterocycles. The van der Waals surface area contributed by atoms with Crippen LogP contribution in [-0.4, -0.2) is 67.5 Å². The molecule has 0 aliphatic carbocycles. The number of rotatable bonds is 4. The van der Waals surface area contributed by atoms with Crippen molar-refractivity contribution in [1.82, 2.24) is 14.8 Å². The van der Waals surface area contributed by atoms with Gasteiger partial charge in [0, 0.05) is 33.2 Å². The van der Waals surface area contributed by atoms with Gasteiger partial charge >= 0.3 is 0 Å². The van der Waals surface area contributed by atoms with Crippen molar-refractivity contribution in [1.29, 1.82) is 0 Å². The number of amides is 1. The molecule has 1 unspecified atom stereocenters. The van der Waals surface area contributed by atoms with Crippen LogP contribution in [0.1, 0.15) is 29.4 Å². The van der Waals surface area contributed by atoms with E-state index in [1.165, 1.54) is 11.3 Å². The average molecular weight is 311 g/mol. The van der Waals surface area contributed by atoms with Crippen molar-refractivity contribution >= 4 is 28.2 Å². The lowest BCUT2D eigenvalue weighted by Crippen LogP contribution is -2.47. The van der Waals surface area contributed by atoms with E-state index in [0.717, 1.165) is 37.6 Å². The third-order valence-corrected chi connectivity index (χ3v) is 5.28. The zero-order valence-electron chi connectivity index (χ0n) is 13.3. The van der Waals surface area contributed by atoms with Crippen LogP contribution in [0.5, 0.6) is 0 Å². The highest BCUT2D eigenvalue weighted by molar-refractivity contribution is 7.18. The smallest absolute Gasteiger partial charge is 0.267 e. The van der Waals surface area contributed by atoms with Crippen molar-refractivity contribution in [2.24, 2.45) is 0 Å². The normalized spacial score (nSPS) is 19.5. The number of likely N-dealkylation sites (tertiary alicyclic amines) is 1. The third-order valence-electron chi connectivity index (χ3n) is 4.10. The Labute approximate surface area is 130 Å². The molecule has 0 aromatic carbocycles. The number of likely N-dealkylation sites (N-methyl/N-ethyl adjacent to an activating group) is 2. The highest BCUT2D eigenvalue weighted by Gasteiger charge is 2.28. The van der Waals surface area contributed by atoms with Gasteiger partial charge < -0.3 is 20.4 Å². The van der Waals surface area contributed by atoms with Crippen LogP contribution in [0.15, 0.2) is 0 Å². The Balaban J connectivity index is 2.13. The third kappa shape index (κ3) is 3.47. The van der Waals surface area contributed by atoms with Gasteiger partial charge in [0.1, 0.15) is 10.7 Å². The Morgan fingerprint density at radius 2 is 2.24 bits per heavy atom. The number of nitrogen functional groups attached to an aromatic ring is 1. The van der Waals surface area contributed by atoms with Gasteiger partial charge in [-0.05, 0) is 33.4 Å². The van der Waals surface area contributed by atoms with Gasteiger partial charge in [-0.1, -0.05) is 11.3 Å². The second kappa shape index (κ2) is 6.62. The number of nitrogens with two attached hydrogens (primary N) is 1. The molecule has 0 bridgehead atoms. The maximum Gasteiger partial charge on any atom is 0.267 e. The zero-order valence-corrected chi connectivity index (χ0v) is 14.1. The number of piperidine rings is 1. The first kappa shape index (κ1) is 16.0. The number of hydrogen-bond donors (Lipinski definition) is 1. The van der Waals surface area contributed by atoms with Gasteiger partial charge in [0.2, 0.25) is 0 Å². The largest absolute Gasteiger partial charge is 0.382 e. The lowest BCUT2D eigenvalue weighted by Gasteiger charge is -2.35. The summed E-state index contributed by atoms with van der Waals surface area (Å²) in [5.41, 5.74) is 5.94. The van der Waals surface area contributed by atoms with Crippen LogP contribution < -0.4 is 10.6 Å². The molecular weight excluding hydrogens is 286 g/mol. The number of carbonyl (C=O) groups is 1. The maximum absolute atomic E-state index is 12.7. The van der Waals surface area contributed by atoms with E-state index in [9.17, 15) is 4.79 Å². The molecule has 6 nitrogen and oxygen atoms in total. The molecule has 1 aromatic rings. The SMILES string of the molecule is CCN(C)c1nc(N)c(C(=O)N(C)C2CCCN(C)C2)s1. The fourth-order valence-corrected chi connectivity index (χ4v) is 3.55. The second-order valence-corrected chi connectivity index (χ2v) is 6.68. The minimum Gasteiger partial charge on any atom is -0.382 e. The van der Waals surface area contributed by atoms with Crippen molar-refractivity contribution in [2.45, 2.75) is 25.8 Å². The van der Waals surface area contributed by atoms with Crippen LogP contribution in [0.4, 0.5) is 10.9 Å². The molecule has 1 aliphatic rings. The first-order chi connectivity index (χ1) is 9.93. The number of carbonyl (C=O) groups excluding carboxylic acids is 1. The first-order valence-electron chi connectivity index (χ1n) is 7.37. The number of anilines is 2. The van der Waals surface area contributed by atoms with Gasteiger partial charge in [-0.2, -0.15) is 0 Å². The van der Waals surface area contributed by atoms with E-state index in [1.54, 1.807) is 0 Å². The summed E-state index contributed by atoms with van der Waals surface area (Å²) in [6.07, 6.45) is 2.17. The molecule has 21 heavy (non-hydrogen) atoms. The topological polar surface area (TPSA) is 65.7 Å². The summed E-state index contributed by atoms with van der Waals surface area (Å²) in [5, 5.41) is 0.799. The standard InChI is InChI=1S/C14H25N5OS/c1-5-18(3)14-16-12(15)11(21-14)13(20)19(4)10-7-6-8-17(2)9-10/h10H,5-9,15H2,1-4H3. The molecule has 1 amide bonds. The Kier molecular flexibility index (Phi) is 5.05. The molecular formula is C14H25N5OS. The minimum atomic E-state index is -0.0129. The summed E-state index contributed by atoms with van der Waals surface area (Å²) in [6.45, 7) is 4.91. The summed E-state index contributed by atoms with van der Waals surface area (Å²) >= 11 is 1.38. The van der Waals surface area contributed by atoms with Crippen LogP contribution in [-0.2, 0) is 0 Å². The Morgan fingerprint density at radius 3 is 2.86 bits per heavy atom. The van der Waals surface area contributed by atoms with E-state index in [1.807, 2.05) is 30.8 Å². The highest BCUT2D eigenvalue weighted by Crippen LogP contribution is 2.29. The summed E-state index contributed by atoms with van der Waals surface area (Å²) < 4.78 is 0. The van der Waals surface area contributed by atoms with E-state index in [2.05, 4.69) is 16.9 Å². The predicted octanol–water partition coefficient (Wildman–Crippen LogP) is 1.35. The van der Waals surface area contributed by atoms with Crippen LogP contribution in [0, 0.1) is 0 Å². The molecule has 2 heterocycles. The molecule has 1 fully saturated rings. The Morgan fingerprint density at radius 1 is 1.52 bits per heavy atom. The molecule has 1 aliphatic heterocycles. The lowest BCUT2D eigenvalue weighted by molar-refractivity contribution is 0.0649. The maximum atomic E-state index is 12.7. The van der Waals surface area contributed by atoms with Gasteiger partial charge in [-0.15, -0.1) is 0 Å². The monoisotopic (exact) mass is 311 g/mol. The number of nitrogens with zero attached hydrogens (tertiary/aromatic N) is 4. The van der Waals surface area contributed by atoms with E-state index in [4.69, 9.17) is 5.73 Å². The molecule has 2 N–H and O–H groups in total. The first-order valence-corrected chi connectivity index (χ1v) is 8.18. The fourth-order valence-electron chi connectivity index (χ4n) is 2.55. The van der Waals surface area contributed by atoms with Crippen LogP contribution in [0.2, 0.25) is 0 Å². The highest BCUT2D eigenvalue weighted by atomic mass is 32.1. The summed E-state index contributed by atoms with van der Waals surface area (Å²) in [5.74, 6) is 0.331. The van der Waals surface area contributed by atoms with Crippen molar-refractivity contribution in [3.8, 4) is 0 Å². The van der Waals surface area contributed by atoms with Crippen molar-refractivity contribution in [3.05, 3.63) is 4.88 Å². The van der Waals surface area contributed by atoms with Gasteiger partial charge in [0.05, 0.1) is 0 Å². The number of thiazole rings is 1. The molecule has 1 atom stereocenters. The summed E-state index contributed by atoms with van der Waals surface area (Å²) in [7, 11) is 5.92. The summed E-state index contributed by atoms with van der Waals surface area (Å²) in [4.78, 5) is 23.6. The minimum absolute atomic E-state index is 0.0129. The van der Waals surface area contributed by atoms with Gasteiger partial charge in [-0.25, -0.2) is 4.98 Å². The van der Waals surface area contributed by atoms with Crippen LogP contribution >= 0.6 is 11.3 Å². The predicted molar refractivity (Wildman–Crippen MR) is 88.1 cm³/mol. The second-order valence-electron chi connectivity index (χ2n) is 5.70. The van der Waals surface area contributed by atoms with Crippen molar-refractivity contribution in [3.63, 3.8) is 0 Å². The molecule has 118 valence electrons. The van der Waals surface area contributed by atoms with E-state index in [-0.39, 0.29) is 11.9 Å². The van der Waals surface area contributed by atoms with Crippen molar-refractivity contribution < 1.29 is 4.79 Å². The van der Waals surface area contributed by atoms with E-state index < -0.39 is 0 Å². The fraction of sp³-hybridized carbons (Fsp3) is 0.714. The van der Waals surface area contributed by atoms with E-state index >= 15 is 0 Å². The van der Waals surface area contributed by atoms with E-state index in [0.29, 0.717) is 10.7 Å². The van der Waals surface area contributed by atoms with Gasteiger partial charge in [0.15, 0.2) is 5.13 Å². The van der Waals surface area contributed by atoms with Crippen LogP contribution in [0.25, 0.3) is 0 Å². The Hall–Kier alpha value is -1.34. The molecule has 1 saturated heterocycles. The van der Waals surface area contributed by atoms with Crippen LogP contribution in [0.3, 0.4) is 0 Å². The molecule has 0 spiro atoms. The lowest BCUT2D eigenvalue weighted by atomic mass is 10.0. The number of aromatic nitrogens is 1. The molecule has 0 radical (unpaired) electrons. The number of hydrogen-bond acceptors (Lipinski definition) is 6. The zero-order chi connectivity index (χ0) is 15.6. The quantitative estimate of drug-likeness (QED) is 0.909. The molecule has 2 rings (SSSR count). The molecule has 0 saturated carbocycles. The van der Waals surface area contributed by atoms with Gasteiger partial charge in [-0.3, -0.25) is 4.79 Å². The van der Waals surface area contributed by atoms with Crippen molar-refractivity contribution in [2.75, 3.05) is 51.4 Å². The van der Waals surface area contributed by atoms with Gasteiger partial charge in [0.25, 0.3) is 5.91 Å². The molecule has 7 heteroatoms. The Bertz CT molecular complexity index is 504. The average Bonchev–Trinajstić information content (AvgIpc) is 2.86. The summed E-state index contributed by atoms with van der Waals surface area (Å²) in [6, 6.07) is 0.255.